The van der Waals surface area contributed by atoms with Crippen LogP contribution in [-0.4, -0.2) is 43.8 Å². The summed E-state index contributed by atoms with van der Waals surface area (Å²) >= 11 is 0. The van der Waals surface area contributed by atoms with Crippen LogP contribution in [0.3, 0.4) is 0 Å². The molecule has 8 heteroatoms. The van der Waals surface area contributed by atoms with E-state index in [4.69, 9.17) is 9.72 Å². The lowest BCUT2D eigenvalue weighted by molar-refractivity contribution is 0.0528. The van der Waals surface area contributed by atoms with E-state index in [9.17, 15) is 4.79 Å². The molecule has 5 rings (SSSR count). The molecule has 166 valence electrons. The van der Waals surface area contributed by atoms with Crippen LogP contribution in [0.15, 0.2) is 67.1 Å². The van der Waals surface area contributed by atoms with Crippen molar-refractivity contribution in [3.05, 3.63) is 78.2 Å². The average Bonchev–Trinajstić information content (AvgIpc) is 3.41. The van der Waals surface area contributed by atoms with Crippen molar-refractivity contribution in [1.82, 2.24) is 24.1 Å². The smallest absolute Gasteiger partial charge is 0.343 e. The lowest BCUT2D eigenvalue weighted by atomic mass is 10.1. The Morgan fingerprint density at radius 3 is 2.73 bits per heavy atom. The molecule has 4 heterocycles. The third-order valence-corrected chi connectivity index (χ3v) is 5.61. The molecule has 0 spiro atoms. The summed E-state index contributed by atoms with van der Waals surface area (Å²) in [5.74, 6) is 0.378. The van der Waals surface area contributed by atoms with Crippen LogP contribution in [0.5, 0.6) is 0 Å². The lowest BCUT2D eigenvalue weighted by Gasteiger charge is -2.21. The molecule has 33 heavy (non-hydrogen) atoms. The Morgan fingerprint density at radius 2 is 1.94 bits per heavy atom. The van der Waals surface area contributed by atoms with E-state index in [1.807, 2.05) is 61.3 Å². The van der Waals surface area contributed by atoms with E-state index in [2.05, 4.69) is 27.1 Å². The Bertz CT molecular complexity index is 1450. The molecule has 1 aromatic carbocycles. The van der Waals surface area contributed by atoms with Gasteiger partial charge in [-0.2, -0.15) is 9.61 Å². The standard InChI is InChI=1S/C25H24N6O2/c1-4-33-25(32)19-14-27-31-22(29(2)15-17-9-6-5-7-10-17)13-21(28-24(19)31)20-16-30(3)23-18(20)11-8-12-26-23/h5-14,16H,4,15H2,1-3H3. The summed E-state index contributed by atoms with van der Waals surface area (Å²) in [6, 6.07) is 16.1. The van der Waals surface area contributed by atoms with Crippen molar-refractivity contribution in [1.29, 1.82) is 0 Å². The van der Waals surface area contributed by atoms with E-state index in [0.717, 1.165) is 28.1 Å². The minimum absolute atomic E-state index is 0.283. The second-order valence-electron chi connectivity index (χ2n) is 7.88. The molecular weight excluding hydrogens is 416 g/mol. The van der Waals surface area contributed by atoms with Gasteiger partial charge in [-0.15, -0.1) is 0 Å². The van der Waals surface area contributed by atoms with Crippen molar-refractivity contribution < 1.29 is 9.53 Å². The van der Waals surface area contributed by atoms with Gasteiger partial charge in [0.15, 0.2) is 5.65 Å². The van der Waals surface area contributed by atoms with Gasteiger partial charge >= 0.3 is 5.97 Å². The van der Waals surface area contributed by atoms with E-state index < -0.39 is 5.97 Å². The summed E-state index contributed by atoms with van der Waals surface area (Å²) < 4.78 is 8.93. The lowest BCUT2D eigenvalue weighted by Crippen LogP contribution is -2.20. The van der Waals surface area contributed by atoms with Crippen LogP contribution < -0.4 is 4.90 Å². The molecule has 8 nitrogen and oxygen atoms in total. The Labute approximate surface area is 191 Å². The summed E-state index contributed by atoms with van der Waals surface area (Å²) in [5.41, 5.74) is 4.51. The number of esters is 1. The zero-order valence-electron chi connectivity index (χ0n) is 18.8. The molecule has 0 saturated carbocycles. The molecule has 0 bridgehead atoms. The predicted molar refractivity (Wildman–Crippen MR) is 127 cm³/mol. The molecule has 0 radical (unpaired) electrons. The van der Waals surface area contributed by atoms with Gasteiger partial charge in [-0.25, -0.2) is 14.8 Å². The molecule has 0 saturated heterocycles. The van der Waals surface area contributed by atoms with Crippen molar-refractivity contribution in [2.75, 3.05) is 18.6 Å². The van der Waals surface area contributed by atoms with Gasteiger partial charge in [-0.3, -0.25) is 0 Å². The first-order valence-electron chi connectivity index (χ1n) is 10.8. The highest BCUT2D eigenvalue weighted by atomic mass is 16.5. The van der Waals surface area contributed by atoms with Crippen LogP contribution in [0.2, 0.25) is 0 Å². The number of hydrogen-bond donors (Lipinski definition) is 0. The molecule has 0 atom stereocenters. The Balaban J connectivity index is 1.71. The van der Waals surface area contributed by atoms with E-state index in [0.29, 0.717) is 17.8 Å². The van der Waals surface area contributed by atoms with Gasteiger partial charge in [-0.05, 0) is 24.6 Å². The fourth-order valence-electron chi connectivity index (χ4n) is 4.06. The van der Waals surface area contributed by atoms with Gasteiger partial charge in [0.05, 0.1) is 18.5 Å². The Hall–Kier alpha value is -4.20. The van der Waals surface area contributed by atoms with Gasteiger partial charge in [0.2, 0.25) is 0 Å². The third kappa shape index (κ3) is 3.69. The number of benzene rings is 1. The largest absolute Gasteiger partial charge is 0.462 e. The van der Waals surface area contributed by atoms with Gasteiger partial charge in [0.25, 0.3) is 0 Å². The molecule has 0 amide bonds. The molecule has 4 aromatic heterocycles. The zero-order valence-corrected chi connectivity index (χ0v) is 18.8. The number of hydrogen-bond acceptors (Lipinski definition) is 6. The van der Waals surface area contributed by atoms with Gasteiger partial charge in [0.1, 0.15) is 17.0 Å². The second-order valence-corrected chi connectivity index (χ2v) is 7.88. The summed E-state index contributed by atoms with van der Waals surface area (Å²) in [4.78, 5) is 24.1. The molecule has 0 N–H and O–H groups in total. The molecule has 0 fully saturated rings. The molecule has 0 aliphatic carbocycles. The van der Waals surface area contributed by atoms with E-state index >= 15 is 0 Å². The van der Waals surface area contributed by atoms with Crippen molar-refractivity contribution in [2.45, 2.75) is 13.5 Å². The van der Waals surface area contributed by atoms with E-state index in [-0.39, 0.29) is 6.61 Å². The Kier molecular flexibility index (Phi) is 5.26. The van der Waals surface area contributed by atoms with Gasteiger partial charge < -0.3 is 14.2 Å². The summed E-state index contributed by atoms with van der Waals surface area (Å²) in [5, 5.41) is 5.47. The SMILES string of the molecule is CCOC(=O)c1cnn2c(N(C)Cc3ccccc3)cc(-c3cn(C)c4ncccc34)nc12. The number of aromatic nitrogens is 5. The maximum atomic E-state index is 12.6. The highest BCUT2D eigenvalue weighted by Gasteiger charge is 2.21. The maximum absolute atomic E-state index is 12.6. The third-order valence-electron chi connectivity index (χ3n) is 5.61. The number of rotatable bonds is 6. The van der Waals surface area contributed by atoms with Crippen LogP contribution in [0.25, 0.3) is 27.9 Å². The van der Waals surface area contributed by atoms with E-state index in [1.165, 1.54) is 11.8 Å². The number of nitrogens with zero attached hydrogens (tertiary/aromatic N) is 6. The minimum Gasteiger partial charge on any atom is -0.462 e. The maximum Gasteiger partial charge on any atom is 0.343 e. The molecule has 0 unspecified atom stereocenters. The molecule has 0 aliphatic heterocycles. The van der Waals surface area contributed by atoms with Crippen molar-refractivity contribution >= 4 is 28.5 Å². The van der Waals surface area contributed by atoms with Crippen LogP contribution in [-0.2, 0) is 18.3 Å². The Morgan fingerprint density at radius 1 is 1.12 bits per heavy atom. The predicted octanol–water partition coefficient (Wildman–Crippen LogP) is 4.10. The number of ether oxygens (including phenoxy) is 1. The fourth-order valence-corrected chi connectivity index (χ4v) is 4.06. The van der Waals surface area contributed by atoms with Crippen molar-refractivity contribution in [2.24, 2.45) is 7.05 Å². The van der Waals surface area contributed by atoms with E-state index in [1.54, 1.807) is 17.6 Å². The number of fused-ring (bicyclic) bond motifs is 2. The van der Waals surface area contributed by atoms with Crippen molar-refractivity contribution in [3.63, 3.8) is 0 Å². The highest BCUT2D eigenvalue weighted by Crippen LogP contribution is 2.31. The summed E-state index contributed by atoms with van der Waals surface area (Å²) in [6.07, 6.45) is 5.31. The number of carbonyl (C=O) groups is 1. The average molecular weight is 441 g/mol. The zero-order chi connectivity index (χ0) is 22.9. The topological polar surface area (TPSA) is 77.5 Å². The number of carbonyl (C=O) groups excluding carboxylic acids is 1. The fraction of sp³-hybridized carbons (Fsp3) is 0.200. The first kappa shape index (κ1) is 20.7. The number of pyridine rings is 1. The van der Waals surface area contributed by atoms with Crippen molar-refractivity contribution in [3.8, 4) is 11.3 Å². The number of aryl methyl sites for hydroxylation is 1. The van der Waals surface area contributed by atoms with Crippen LogP contribution in [0.4, 0.5) is 5.82 Å². The quantitative estimate of drug-likeness (QED) is 0.370. The molecule has 0 aliphatic rings. The molecule has 5 aromatic rings. The van der Waals surface area contributed by atoms with Crippen LogP contribution in [0.1, 0.15) is 22.8 Å². The summed E-state index contributed by atoms with van der Waals surface area (Å²) in [6.45, 7) is 2.74. The first-order chi connectivity index (χ1) is 16.1. The monoisotopic (exact) mass is 440 g/mol. The highest BCUT2D eigenvalue weighted by molar-refractivity contribution is 5.98. The van der Waals surface area contributed by atoms with Crippen LogP contribution in [0, 0.1) is 0 Å². The van der Waals surface area contributed by atoms with Crippen LogP contribution >= 0.6 is 0 Å². The minimum atomic E-state index is -0.437. The molecular formula is C25H24N6O2. The summed E-state index contributed by atoms with van der Waals surface area (Å²) in [7, 11) is 3.96. The number of anilines is 1. The normalized spacial score (nSPS) is 11.2. The van der Waals surface area contributed by atoms with Gasteiger partial charge in [0, 0.05) is 50.0 Å². The first-order valence-corrected chi connectivity index (χ1v) is 10.8. The van der Waals surface area contributed by atoms with Gasteiger partial charge in [-0.1, -0.05) is 30.3 Å². The second kappa shape index (κ2) is 8.38.